The Labute approximate surface area is 194 Å². The normalized spacial score (nSPS) is 17.8. The number of aromatic nitrogens is 1. The smallest absolute Gasteiger partial charge is 0.256 e. The predicted molar refractivity (Wildman–Crippen MR) is 132 cm³/mol. The molecule has 1 aromatic heterocycles. The first-order chi connectivity index (χ1) is 16.1. The van der Waals surface area contributed by atoms with Crippen LogP contribution < -0.4 is 10.1 Å². The van der Waals surface area contributed by atoms with E-state index >= 15 is 0 Å². The highest BCUT2D eigenvalue weighted by atomic mass is 16.5. The van der Waals surface area contributed by atoms with Crippen LogP contribution in [0.2, 0.25) is 0 Å². The Hall–Kier alpha value is -3.09. The van der Waals surface area contributed by atoms with Crippen LogP contribution in [0.3, 0.4) is 0 Å². The molecule has 3 N–H and O–H groups in total. The minimum absolute atomic E-state index is 0.0455. The first kappa shape index (κ1) is 21.7. The number of piperidine rings is 1. The number of amides is 1. The molecule has 1 saturated heterocycles. The van der Waals surface area contributed by atoms with E-state index in [1.807, 2.05) is 37.3 Å². The Bertz CT molecular complexity index is 1200. The van der Waals surface area contributed by atoms with Gasteiger partial charge in [-0.05, 0) is 80.7 Å². The maximum absolute atomic E-state index is 12.9. The van der Waals surface area contributed by atoms with Crippen molar-refractivity contribution in [3.8, 4) is 5.75 Å². The monoisotopic (exact) mass is 445 g/mol. The van der Waals surface area contributed by atoms with Crippen molar-refractivity contribution < 1.29 is 14.6 Å². The van der Waals surface area contributed by atoms with E-state index in [9.17, 15) is 9.90 Å². The summed E-state index contributed by atoms with van der Waals surface area (Å²) in [5, 5.41) is 13.5. The highest BCUT2D eigenvalue weighted by molar-refractivity contribution is 6.37. The molecule has 6 nitrogen and oxygen atoms in total. The van der Waals surface area contributed by atoms with Crippen molar-refractivity contribution >= 4 is 33.6 Å². The van der Waals surface area contributed by atoms with Gasteiger partial charge in [-0.15, -0.1) is 0 Å². The molecule has 2 aromatic carbocycles. The van der Waals surface area contributed by atoms with Gasteiger partial charge in [0.1, 0.15) is 12.4 Å². The molecule has 172 valence electrons. The van der Waals surface area contributed by atoms with Gasteiger partial charge in [0.15, 0.2) is 0 Å². The van der Waals surface area contributed by atoms with Crippen molar-refractivity contribution in [3.05, 3.63) is 59.3 Å². The third-order valence-corrected chi connectivity index (χ3v) is 6.75. The van der Waals surface area contributed by atoms with E-state index in [1.165, 1.54) is 32.4 Å². The number of rotatable bonds is 7. The first-order valence-corrected chi connectivity index (χ1v) is 11.9. The van der Waals surface area contributed by atoms with Crippen molar-refractivity contribution in [2.45, 2.75) is 32.6 Å². The lowest BCUT2D eigenvalue weighted by Gasteiger charge is -2.26. The minimum Gasteiger partial charge on any atom is -0.492 e. The van der Waals surface area contributed by atoms with E-state index in [1.54, 1.807) is 0 Å². The van der Waals surface area contributed by atoms with Crippen LogP contribution in [-0.2, 0) is 11.2 Å². The fourth-order valence-electron chi connectivity index (χ4n) is 5.00. The number of nitrogens with one attached hydrogen (secondary N) is 2. The fourth-order valence-corrected chi connectivity index (χ4v) is 5.00. The molecule has 5 rings (SSSR count). The largest absolute Gasteiger partial charge is 0.492 e. The number of aliphatic hydroxyl groups is 1. The Morgan fingerprint density at radius 3 is 2.79 bits per heavy atom. The number of carbonyl (C=O) groups is 1. The van der Waals surface area contributed by atoms with Crippen LogP contribution in [0, 0.1) is 0 Å². The second-order valence-electron chi connectivity index (χ2n) is 8.95. The lowest BCUT2D eigenvalue weighted by atomic mass is 9.94. The second-order valence-corrected chi connectivity index (χ2v) is 8.95. The first-order valence-electron chi connectivity index (χ1n) is 11.9. The number of hydrogen-bond acceptors (Lipinski definition) is 4. The predicted octanol–water partition coefficient (Wildman–Crippen LogP) is 4.45. The Morgan fingerprint density at radius 1 is 1.12 bits per heavy atom. The molecule has 0 aliphatic carbocycles. The number of aliphatic hydroxyl groups excluding tert-OH is 1. The zero-order chi connectivity index (χ0) is 22.8. The number of carbonyl (C=O) groups excluding carboxylic acids is 1. The molecule has 2 aliphatic rings. The van der Waals surface area contributed by atoms with Gasteiger partial charge < -0.3 is 20.1 Å². The van der Waals surface area contributed by atoms with Crippen LogP contribution in [0.5, 0.6) is 5.75 Å². The number of anilines is 1. The second kappa shape index (κ2) is 9.41. The van der Waals surface area contributed by atoms with Gasteiger partial charge in [-0.3, -0.25) is 9.69 Å². The van der Waals surface area contributed by atoms with Crippen LogP contribution in [-0.4, -0.2) is 53.7 Å². The average Bonchev–Trinajstić information content (AvgIpc) is 3.40. The van der Waals surface area contributed by atoms with Crippen LogP contribution in [0.25, 0.3) is 22.0 Å². The molecule has 6 heteroatoms. The number of H-pyrrole nitrogens is 1. The third kappa shape index (κ3) is 4.41. The molecule has 0 atom stereocenters. The summed E-state index contributed by atoms with van der Waals surface area (Å²) < 4.78 is 6.04. The van der Waals surface area contributed by atoms with Crippen LogP contribution in [0.15, 0.2) is 42.5 Å². The van der Waals surface area contributed by atoms with Crippen LogP contribution in [0.1, 0.15) is 43.0 Å². The van der Waals surface area contributed by atoms with Crippen molar-refractivity contribution in [2.75, 3.05) is 38.2 Å². The van der Waals surface area contributed by atoms with Gasteiger partial charge >= 0.3 is 0 Å². The van der Waals surface area contributed by atoms with Crippen molar-refractivity contribution in [3.63, 3.8) is 0 Å². The lowest BCUT2D eigenvalue weighted by Crippen LogP contribution is -2.33. The number of allylic oxidation sites excluding steroid dienone is 1. The van der Waals surface area contributed by atoms with E-state index in [2.05, 4.69) is 27.3 Å². The summed E-state index contributed by atoms with van der Waals surface area (Å²) in [6.07, 6.45) is 4.43. The van der Waals surface area contributed by atoms with Gasteiger partial charge in [0.05, 0.1) is 5.57 Å². The van der Waals surface area contributed by atoms with E-state index in [4.69, 9.17) is 4.74 Å². The number of benzene rings is 2. The van der Waals surface area contributed by atoms with Gasteiger partial charge in [0.25, 0.3) is 5.91 Å². The summed E-state index contributed by atoms with van der Waals surface area (Å²) in [6.45, 7) is 6.02. The fraction of sp³-hybridized carbons (Fsp3) is 0.370. The topological polar surface area (TPSA) is 77.6 Å². The molecule has 0 saturated carbocycles. The summed E-state index contributed by atoms with van der Waals surface area (Å²) >= 11 is 0. The average molecular weight is 446 g/mol. The highest BCUT2D eigenvalue weighted by Crippen LogP contribution is 2.39. The maximum atomic E-state index is 12.9. The molecule has 1 fully saturated rings. The van der Waals surface area contributed by atoms with E-state index in [0.717, 1.165) is 51.3 Å². The summed E-state index contributed by atoms with van der Waals surface area (Å²) in [5.74, 6) is 0.762. The Morgan fingerprint density at radius 2 is 1.97 bits per heavy atom. The summed E-state index contributed by atoms with van der Waals surface area (Å²) in [5.41, 5.74) is 6.15. The minimum atomic E-state index is -0.103. The third-order valence-electron chi connectivity index (χ3n) is 6.75. The van der Waals surface area contributed by atoms with Crippen LogP contribution >= 0.6 is 0 Å². The molecule has 3 aromatic rings. The highest BCUT2D eigenvalue weighted by Gasteiger charge is 2.29. The molecular weight excluding hydrogens is 414 g/mol. The van der Waals surface area contributed by atoms with Gasteiger partial charge in [0.2, 0.25) is 0 Å². The standard InChI is InChI=1S/C27H31N3O3/c1-18(25-26-19(10-14-31)6-5-7-23(26)29-27(25)32)24-17-20-16-21(8-9-22(20)28-24)33-15-13-30-11-3-2-4-12-30/h5-9,16-17,28,31H,2-4,10-15H2,1H3,(H,29,32)/b25-18-. The number of hydrogen-bond donors (Lipinski definition) is 3. The number of nitrogens with zero attached hydrogens (tertiary/aromatic N) is 1. The molecule has 0 bridgehead atoms. The SMILES string of the molecule is C/C(=C1/C(=O)Nc2cccc(CCO)c21)c1cc2cc(OCCN3CCCCC3)ccc2[nH]1. The van der Waals surface area contributed by atoms with Gasteiger partial charge in [0, 0.05) is 41.0 Å². The van der Waals surface area contributed by atoms with Crippen LogP contribution in [0.4, 0.5) is 5.69 Å². The Balaban J connectivity index is 1.39. The van der Waals surface area contributed by atoms with Gasteiger partial charge in [-0.25, -0.2) is 0 Å². The molecule has 33 heavy (non-hydrogen) atoms. The Kier molecular flexibility index (Phi) is 6.20. The van der Waals surface area contributed by atoms with E-state index < -0.39 is 0 Å². The van der Waals surface area contributed by atoms with Crippen molar-refractivity contribution in [1.29, 1.82) is 0 Å². The number of aromatic amines is 1. The molecule has 0 radical (unpaired) electrons. The number of ether oxygens (including phenoxy) is 1. The molecule has 1 amide bonds. The van der Waals surface area contributed by atoms with Gasteiger partial charge in [-0.1, -0.05) is 18.6 Å². The number of fused-ring (bicyclic) bond motifs is 2. The van der Waals surface area contributed by atoms with Crippen molar-refractivity contribution in [2.24, 2.45) is 0 Å². The quantitative estimate of drug-likeness (QED) is 0.470. The molecule has 3 heterocycles. The lowest BCUT2D eigenvalue weighted by molar-refractivity contribution is -0.110. The molecule has 2 aliphatic heterocycles. The number of likely N-dealkylation sites (tertiary alicyclic amines) is 1. The maximum Gasteiger partial charge on any atom is 0.256 e. The van der Waals surface area contributed by atoms with Gasteiger partial charge in [-0.2, -0.15) is 0 Å². The molecule has 0 unspecified atom stereocenters. The van der Waals surface area contributed by atoms with E-state index in [-0.39, 0.29) is 12.5 Å². The summed E-state index contributed by atoms with van der Waals surface area (Å²) in [4.78, 5) is 18.8. The van der Waals surface area contributed by atoms with E-state index in [0.29, 0.717) is 18.6 Å². The zero-order valence-corrected chi connectivity index (χ0v) is 19.1. The zero-order valence-electron chi connectivity index (χ0n) is 19.1. The molecule has 0 spiro atoms. The summed E-state index contributed by atoms with van der Waals surface area (Å²) in [7, 11) is 0. The summed E-state index contributed by atoms with van der Waals surface area (Å²) in [6, 6.07) is 14.0. The van der Waals surface area contributed by atoms with Crippen molar-refractivity contribution in [1.82, 2.24) is 9.88 Å². The molecular formula is C27H31N3O3.